The summed E-state index contributed by atoms with van der Waals surface area (Å²) < 4.78 is 0. The first-order chi connectivity index (χ1) is 25.4. The largest absolute Gasteiger partial charge is 2.00 e. The van der Waals surface area contributed by atoms with Crippen LogP contribution in [0.2, 0.25) is 0 Å². The van der Waals surface area contributed by atoms with Crippen LogP contribution in [0.4, 0.5) is 0 Å². The molecule has 5 heteroatoms. The van der Waals surface area contributed by atoms with E-state index in [2.05, 4.69) is 173 Å². The van der Waals surface area contributed by atoms with Crippen LogP contribution in [0, 0.1) is 27.7 Å². The van der Waals surface area contributed by atoms with Crippen LogP contribution in [-0.2, 0) is 17.1 Å². The van der Waals surface area contributed by atoms with Crippen molar-refractivity contribution in [2.24, 2.45) is 0 Å². The first-order valence-corrected chi connectivity index (χ1v) is 17.7. The normalized spacial score (nSPS) is 11.8. The second-order valence-electron chi connectivity index (χ2n) is 13.8. The van der Waals surface area contributed by atoms with Gasteiger partial charge in [0, 0.05) is 0 Å². The molecule has 9 rings (SSSR count). The molecule has 0 spiro atoms. The van der Waals surface area contributed by atoms with Gasteiger partial charge in [-0.25, -0.2) is 9.97 Å². The van der Waals surface area contributed by atoms with Crippen LogP contribution in [0.5, 0.6) is 0 Å². The van der Waals surface area contributed by atoms with Gasteiger partial charge in [0.25, 0.3) is 0 Å². The molecule has 53 heavy (non-hydrogen) atoms. The standard InChI is InChI=1S/C48H36N4.Mn/c1-29-5-13-33(14-6-29)45-37-21-23-39(49-37)46(34-15-7-30(2)8-16-34)41-25-27-43(51-41)48(36-19-11-32(4)12-20-36)44-28-26-42(52-44)47(40-24-22-38(45)50-40)35-17-9-31(3)10-18-35;/h5-28H,1-4H3;/q-2;+2. The van der Waals surface area contributed by atoms with Gasteiger partial charge in [-0.1, -0.05) is 144 Å². The second-order valence-corrected chi connectivity index (χ2v) is 13.8. The molecule has 255 valence electrons. The minimum Gasteiger partial charge on any atom is -0.657 e. The fourth-order valence-electron chi connectivity index (χ4n) is 7.15. The summed E-state index contributed by atoms with van der Waals surface area (Å²) in [5, 5.41) is 0. The molecular formula is C48H36MnN4. The predicted molar refractivity (Wildman–Crippen MR) is 217 cm³/mol. The van der Waals surface area contributed by atoms with Crippen LogP contribution in [0.1, 0.15) is 45.0 Å². The smallest absolute Gasteiger partial charge is 0.657 e. The molecule has 8 bridgehead atoms. The van der Waals surface area contributed by atoms with Gasteiger partial charge in [0.2, 0.25) is 0 Å². The molecule has 4 aromatic carbocycles. The van der Waals surface area contributed by atoms with E-state index in [1.807, 2.05) is 0 Å². The van der Waals surface area contributed by atoms with Crippen LogP contribution in [0.15, 0.2) is 121 Å². The van der Waals surface area contributed by atoms with Crippen molar-refractivity contribution in [3.63, 3.8) is 0 Å². The van der Waals surface area contributed by atoms with Crippen molar-refractivity contribution in [1.29, 1.82) is 0 Å². The predicted octanol–water partition coefficient (Wildman–Crippen LogP) is 11.8. The van der Waals surface area contributed by atoms with Crippen LogP contribution < -0.4 is 9.97 Å². The molecule has 2 aliphatic rings. The summed E-state index contributed by atoms with van der Waals surface area (Å²) in [5.74, 6) is 0. The molecule has 4 nitrogen and oxygen atoms in total. The summed E-state index contributed by atoms with van der Waals surface area (Å²) in [5.41, 5.74) is 19.9. The van der Waals surface area contributed by atoms with E-state index in [4.69, 9.17) is 19.9 Å². The van der Waals surface area contributed by atoms with Crippen molar-refractivity contribution in [3.05, 3.63) is 166 Å². The van der Waals surface area contributed by atoms with Crippen LogP contribution in [-0.4, -0.2) is 9.97 Å². The Kier molecular flexibility index (Phi) is 8.91. The van der Waals surface area contributed by atoms with Crippen molar-refractivity contribution in [1.82, 2.24) is 19.9 Å². The molecule has 0 fully saturated rings. The summed E-state index contributed by atoms with van der Waals surface area (Å²) in [6.45, 7) is 8.45. The van der Waals surface area contributed by atoms with Gasteiger partial charge in [0.15, 0.2) is 0 Å². The Hall–Kier alpha value is -6.00. The fourth-order valence-corrected chi connectivity index (χ4v) is 7.15. The summed E-state index contributed by atoms with van der Waals surface area (Å²) >= 11 is 0. The molecule has 0 unspecified atom stereocenters. The molecule has 0 saturated carbocycles. The van der Waals surface area contributed by atoms with Gasteiger partial charge in [-0.15, -0.1) is 22.1 Å². The molecule has 0 atom stereocenters. The number of aromatic nitrogens is 4. The zero-order valence-corrected chi connectivity index (χ0v) is 31.2. The molecule has 5 heterocycles. The average Bonchev–Trinajstić information content (AvgIpc) is 3.99. The van der Waals surface area contributed by atoms with Gasteiger partial charge in [0.1, 0.15) is 0 Å². The van der Waals surface area contributed by atoms with Crippen molar-refractivity contribution >= 4 is 46.4 Å². The topological polar surface area (TPSA) is 54.0 Å². The first-order valence-electron chi connectivity index (χ1n) is 17.7. The Morgan fingerprint density at radius 2 is 0.509 bits per heavy atom. The molecule has 0 N–H and O–H groups in total. The van der Waals surface area contributed by atoms with Crippen LogP contribution in [0.3, 0.4) is 0 Å². The quantitative estimate of drug-likeness (QED) is 0.170. The molecule has 0 aliphatic carbocycles. The van der Waals surface area contributed by atoms with Gasteiger partial charge in [-0.3, -0.25) is 0 Å². The van der Waals surface area contributed by atoms with Crippen molar-refractivity contribution in [2.45, 2.75) is 27.7 Å². The number of benzene rings is 4. The maximum absolute atomic E-state index is 5.37. The second kappa shape index (κ2) is 13.9. The fraction of sp³-hybridized carbons (Fsp3) is 0.0833. The third kappa shape index (κ3) is 6.40. The molecule has 7 aromatic rings. The SMILES string of the molecule is Cc1ccc(-c2c3nc(c(-c4ccc(C)cc4)c4ccc([n-]4)c(-c4ccc(C)cc4)c4nc(c(-c5ccc(C)cc5)c5ccc2[n-]5)C=C4)C=C3)cc1.[Mn+2]. The minimum atomic E-state index is 0. The molecule has 1 radical (unpaired) electrons. The molecule has 3 aromatic heterocycles. The maximum atomic E-state index is 5.37. The average molecular weight is 724 g/mol. The Morgan fingerprint density at radius 1 is 0.302 bits per heavy atom. The Balaban J connectivity index is 0.00000400. The maximum Gasteiger partial charge on any atom is 2.00 e. The van der Waals surface area contributed by atoms with E-state index in [0.29, 0.717) is 0 Å². The molecule has 0 amide bonds. The number of fused-ring (bicyclic) bond motifs is 8. The Labute approximate surface area is 320 Å². The summed E-state index contributed by atoms with van der Waals surface area (Å²) in [6.07, 6.45) is 8.48. The van der Waals surface area contributed by atoms with E-state index in [9.17, 15) is 0 Å². The summed E-state index contributed by atoms with van der Waals surface area (Å²) in [4.78, 5) is 21.5. The zero-order chi connectivity index (χ0) is 35.3. The van der Waals surface area contributed by atoms with Gasteiger partial charge >= 0.3 is 17.1 Å². The first kappa shape index (κ1) is 34.1. The zero-order valence-electron chi connectivity index (χ0n) is 30.0. The summed E-state index contributed by atoms with van der Waals surface area (Å²) in [7, 11) is 0. The number of rotatable bonds is 4. The van der Waals surface area contributed by atoms with E-state index < -0.39 is 0 Å². The van der Waals surface area contributed by atoms with Crippen molar-refractivity contribution in [2.75, 3.05) is 0 Å². The number of nitrogens with zero attached hydrogens (tertiary/aromatic N) is 4. The van der Waals surface area contributed by atoms with Gasteiger partial charge in [-0.05, 0) is 96.5 Å². The van der Waals surface area contributed by atoms with Crippen molar-refractivity contribution < 1.29 is 17.1 Å². The third-order valence-corrected chi connectivity index (χ3v) is 9.97. The van der Waals surface area contributed by atoms with Crippen LogP contribution in [0.25, 0.3) is 90.9 Å². The van der Waals surface area contributed by atoms with Crippen molar-refractivity contribution in [3.8, 4) is 44.5 Å². The van der Waals surface area contributed by atoms with E-state index >= 15 is 0 Å². The monoisotopic (exact) mass is 723 g/mol. The number of aryl methyl sites for hydroxylation is 4. The molecular weight excluding hydrogens is 687 g/mol. The van der Waals surface area contributed by atoms with Gasteiger partial charge in [0.05, 0.1) is 22.8 Å². The van der Waals surface area contributed by atoms with E-state index in [0.717, 1.165) is 89.4 Å². The van der Waals surface area contributed by atoms with Gasteiger partial charge in [-0.2, -0.15) is 0 Å². The molecule has 0 saturated heterocycles. The number of hydrogen-bond acceptors (Lipinski definition) is 2. The van der Waals surface area contributed by atoms with E-state index in [1.165, 1.54) is 22.3 Å². The van der Waals surface area contributed by atoms with Crippen LogP contribution >= 0.6 is 0 Å². The summed E-state index contributed by atoms with van der Waals surface area (Å²) in [6, 6.07) is 43.0. The molecule has 2 aliphatic heterocycles. The Bertz CT molecular complexity index is 2350. The van der Waals surface area contributed by atoms with E-state index in [-0.39, 0.29) is 17.1 Å². The van der Waals surface area contributed by atoms with E-state index in [1.54, 1.807) is 0 Å². The third-order valence-electron chi connectivity index (χ3n) is 9.97. The Morgan fingerprint density at radius 3 is 0.717 bits per heavy atom. The van der Waals surface area contributed by atoms with Gasteiger partial charge < -0.3 is 9.97 Å². The minimum absolute atomic E-state index is 0. The number of hydrogen-bond donors (Lipinski definition) is 0.